The average molecular weight is 360 g/mol. The predicted octanol–water partition coefficient (Wildman–Crippen LogP) is 3.89. The molecule has 1 heterocycles. The maximum Gasteiger partial charge on any atom is 0.270 e. The normalized spacial score (nSPS) is 13.4. The maximum atomic E-state index is 12.2. The molecule has 1 N–H and O–H groups in total. The number of rotatable bonds is 8. The van der Waals surface area contributed by atoms with Gasteiger partial charge < -0.3 is 9.84 Å². The predicted molar refractivity (Wildman–Crippen MR) is 96.2 cm³/mol. The summed E-state index contributed by atoms with van der Waals surface area (Å²) in [6.45, 7) is 7.97. The van der Waals surface area contributed by atoms with Crippen LogP contribution in [-0.2, 0) is 4.79 Å². The van der Waals surface area contributed by atoms with Crippen molar-refractivity contribution in [2.75, 3.05) is 0 Å². The van der Waals surface area contributed by atoms with Gasteiger partial charge in [-0.1, -0.05) is 51.4 Å². The van der Waals surface area contributed by atoms with Crippen LogP contribution in [-0.4, -0.2) is 21.0 Å². The van der Waals surface area contributed by atoms with Gasteiger partial charge in [-0.15, -0.1) is 0 Å². The van der Waals surface area contributed by atoms with E-state index in [1.165, 1.54) is 12.1 Å². The maximum absolute atomic E-state index is 12.2. The molecule has 26 heavy (non-hydrogen) atoms. The molecule has 2 aromatic rings. The summed E-state index contributed by atoms with van der Waals surface area (Å²) in [4.78, 5) is 27.0. The Morgan fingerprint density at radius 3 is 2.69 bits per heavy atom. The van der Waals surface area contributed by atoms with Crippen molar-refractivity contribution in [3.8, 4) is 11.4 Å². The van der Waals surface area contributed by atoms with Crippen LogP contribution in [0.1, 0.15) is 52.5 Å². The van der Waals surface area contributed by atoms with Gasteiger partial charge >= 0.3 is 0 Å². The number of nitrogens with zero attached hydrogens (tertiary/aromatic N) is 3. The third-order valence-corrected chi connectivity index (χ3v) is 4.15. The van der Waals surface area contributed by atoms with Gasteiger partial charge in [-0.25, -0.2) is 0 Å². The van der Waals surface area contributed by atoms with Crippen LogP contribution in [0.15, 0.2) is 28.8 Å². The lowest BCUT2D eigenvalue weighted by atomic mass is 9.98. The smallest absolute Gasteiger partial charge is 0.270 e. The van der Waals surface area contributed by atoms with Crippen molar-refractivity contribution in [2.24, 2.45) is 11.8 Å². The van der Waals surface area contributed by atoms with Crippen molar-refractivity contribution in [2.45, 2.75) is 46.6 Å². The summed E-state index contributed by atoms with van der Waals surface area (Å²) < 4.78 is 5.36. The molecule has 8 heteroatoms. The van der Waals surface area contributed by atoms with Crippen molar-refractivity contribution >= 4 is 11.6 Å². The van der Waals surface area contributed by atoms with Crippen LogP contribution < -0.4 is 5.32 Å². The van der Waals surface area contributed by atoms with Gasteiger partial charge in [0.25, 0.3) is 5.69 Å². The molecule has 0 radical (unpaired) electrons. The lowest BCUT2D eigenvalue weighted by Gasteiger charge is -2.21. The number of nitrogens with one attached hydrogen (secondary N) is 1. The van der Waals surface area contributed by atoms with E-state index in [-0.39, 0.29) is 29.3 Å². The first-order valence-electron chi connectivity index (χ1n) is 8.69. The number of aromatic nitrogens is 2. The summed E-state index contributed by atoms with van der Waals surface area (Å²) in [5.41, 5.74) is 0.447. The van der Waals surface area contributed by atoms with Crippen LogP contribution >= 0.6 is 0 Å². The van der Waals surface area contributed by atoms with Gasteiger partial charge in [0.05, 0.1) is 4.92 Å². The minimum absolute atomic E-state index is 0.0439. The largest absolute Gasteiger partial charge is 0.344 e. The molecule has 0 saturated heterocycles. The third kappa shape index (κ3) is 4.87. The van der Waals surface area contributed by atoms with E-state index < -0.39 is 11.0 Å². The van der Waals surface area contributed by atoms with Crippen molar-refractivity contribution in [3.05, 3.63) is 40.3 Å². The minimum atomic E-state index is -0.474. The number of amides is 1. The van der Waals surface area contributed by atoms with E-state index >= 15 is 0 Å². The van der Waals surface area contributed by atoms with E-state index in [9.17, 15) is 14.9 Å². The van der Waals surface area contributed by atoms with Gasteiger partial charge in [-0.3, -0.25) is 14.9 Å². The lowest BCUT2D eigenvalue weighted by molar-refractivity contribution is -0.384. The molecule has 0 unspecified atom stereocenters. The summed E-state index contributed by atoms with van der Waals surface area (Å²) in [6, 6.07) is 5.64. The lowest BCUT2D eigenvalue weighted by Crippen LogP contribution is -2.33. The summed E-state index contributed by atoms with van der Waals surface area (Å²) in [7, 11) is 0. The molecule has 140 valence electrons. The van der Waals surface area contributed by atoms with E-state index in [2.05, 4.69) is 15.5 Å². The van der Waals surface area contributed by atoms with Gasteiger partial charge in [-0.05, 0) is 11.8 Å². The first-order chi connectivity index (χ1) is 12.3. The zero-order valence-corrected chi connectivity index (χ0v) is 15.4. The van der Waals surface area contributed by atoms with Crippen LogP contribution in [0.2, 0.25) is 0 Å². The molecule has 0 spiro atoms. The van der Waals surface area contributed by atoms with Crippen LogP contribution in [0.4, 0.5) is 5.69 Å². The van der Waals surface area contributed by atoms with E-state index in [4.69, 9.17) is 4.52 Å². The van der Waals surface area contributed by atoms with E-state index in [0.29, 0.717) is 17.9 Å². The highest BCUT2D eigenvalue weighted by atomic mass is 16.6. The highest BCUT2D eigenvalue weighted by Gasteiger charge is 2.26. The second-order valence-corrected chi connectivity index (χ2v) is 6.79. The van der Waals surface area contributed by atoms with Crippen LogP contribution in [0, 0.1) is 22.0 Å². The minimum Gasteiger partial charge on any atom is -0.344 e. The van der Waals surface area contributed by atoms with Crippen molar-refractivity contribution in [3.63, 3.8) is 0 Å². The Morgan fingerprint density at radius 1 is 1.35 bits per heavy atom. The van der Waals surface area contributed by atoms with Crippen molar-refractivity contribution in [1.82, 2.24) is 15.5 Å². The first kappa shape index (κ1) is 19.6. The van der Waals surface area contributed by atoms with Crippen LogP contribution in [0.25, 0.3) is 11.4 Å². The molecule has 0 fully saturated rings. The monoisotopic (exact) mass is 360 g/mol. The zero-order valence-electron chi connectivity index (χ0n) is 15.4. The van der Waals surface area contributed by atoms with Gasteiger partial charge in [0.15, 0.2) is 0 Å². The molecular formula is C18H24N4O4. The van der Waals surface area contributed by atoms with Gasteiger partial charge in [-0.2, -0.15) is 4.98 Å². The molecule has 0 aliphatic rings. The van der Waals surface area contributed by atoms with Gasteiger partial charge in [0, 0.05) is 24.1 Å². The molecule has 2 atom stereocenters. The molecular weight excluding hydrogens is 336 g/mol. The number of carbonyl (C=O) groups excluding carboxylic acids is 1. The van der Waals surface area contributed by atoms with Crippen LogP contribution in [0.5, 0.6) is 0 Å². The fourth-order valence-electron chi connectivity index (χ4n) is 2.52. The number of non-ortho nitro benzene ring substituents is 1. The van der Waals surface area contributed by atoms with E-state index in [1.807, 2.05) is 27.7 Å². The number of hydrogen-bond donors (Lipinski definition) is 1. The Hall–Kier alpha value is -2.77. The highest BCUT2D eigenvalue weighted by Crippen LogP contribution is 2.27. The molecule has 0 aliphatic heterocycles. The standard InChI is InChI=1S/C18H24N4O4/c1-5-12(4)16(19-15(23)9-11(2)3)18-20-17(21-26-18)13-7-6-8-14(10-13)22(24)25/h6-8,10-12,16H,5,9H2,1-4H3,(H,19,23)/t12-,16+/m1/s1. The average Bonchev–Trinajstić information content (AvgIpc) is 3.08. The molecule has 8 nitrogen and oxygen atoms in total. The number of nitro groups is 1. The van der Waals surface area contributed by atoms with Crippen molar-refractivity contribution < 1.29 is 14.2 Å². The molecule has 0 saturated carbocycles. The topological polar surface area (TPSA) is 111 Å². The Bertz CT molecular complexity index is 772. The zero-order chi connectivity index (χ0) is 19.3. The quantitative estimate of drug-likeness (QED) is 0.564. The summed E-state index contributed by atoms with van der Waals surface area (Å²) in [5.74, 6) is 0.841. The Labute approximate surface area is 152 Å². The van der Waals surface area contributed by atoms with E-state index in [1.54, 1.807) is 12.1 Å². The summed E-state index contributed by atoms with van der Waals surface area (Å²) >= 11 is 0. The molecule has 1 aromatic heterocycles. The second kappa shape index (κ2) is 8.55. The number of hydrogen-bond acceptors (Lipinski definition) is 6. The Kier molecular flexibility index (Phi) is 6.43. The van der Waals surface area contributed by atoms with Crippen LogP contribution in [0.3, 0.4) is 0 Å². The van der Waals surface area contributed by atoms with E-state index in [0.717, 1.165) is 6.42 Å². The number of benzene rings is 1. The Morgan fingerprint density at radius 2 is 2.08 bits per heavy atom. The van der Waals surface area contributed by atoms with Gasteiger partial charge in [0.2, 0.25) is 17.6 Å². The van der Waals surface area contributed by atoms with Gasteiger partial charge in [0.1, 0.15) is 6.04 Å². The SMILES string of the molecule is CC[C@@H](C)[C@H](NC(=O)CC(C)C)c1nc(-c2cccc([N+](=O)[O-])c2)no1. The summed E-state index contributed by atoms with van der Waals surface area (Å²) in [5, 5.41) is 17.8. The Balaban J connectivity index is 2.27. The number of carbonyl (C=O) groups is 1. The third-order valence-electron chi connectivity index (χ3n) is 4.15. The fraction of sp³-hybridized carbons (Fsp3) is 0.500. The molecule has 1 amide bonds. The fourth-order valence-corrected chi connectivity index (χ4v) is 2.52. The molecule has 2 rings (SSSR count). The summed E-state index contributed by atoms with van der Waals surface area (Å²) in [6.07, 6.45) is 1.24. The number of nitro benzene ring substituents is 1. The molecule has 1 aromatic carbocycles. The molecule has 0 aliphatic carbocycles. The first-order valence-corrected chi connectivity index (χ1v) is 8.69. The molecule has 0 bridgehead atoms. The second-order valence-electron chi connectivity index (χ2n) is 6.79. The highest BCUT2D eigenvalue weighted by molar-refractivity contribution is 5.76. The van der Waals surface area contributed by atoms with Crippen molar-refractivity contribution in [1.29, 1.82) is 0 Å².